The van der Waals surface area contributed by atoms with E-state index < -0.39 is 11.3 Å². The van der Waals surface area contributed by atoms with Gasteiger partial charge in [-0.2, -0.15) is 0 Å². The van der Waals surface area contributed by atoms with Crippen molar-refractivity contribution in [3.05, 3.63) is 0 Å². The van der Waals surface area contributed by atoms with Gasteiger partial charge in [0.1, 0.15) is 0 Å². The van der Waals surface area contributed by atoms with Crippen molar-refractivity contribution < 1.29 is 9.59 Å². The van der Waals surface area contributed by atoms with Crippen molar-refractivity contribution in [3.8, 4) is 0 Å². The van der Waals surface area contributed by atoms with Crippen LogP contribution in [0.2, 0.25) is 0 Å². The molecule has 9 heteroatoms. The molecule has 1 aromatic heterocycles. The fourth-order valence-electron chi connectivity index (χ4n) is 1.33. The number of rotatable bonds is 6. The monoisotopic (exact) mass is 376 g/mol. The normalized spacial score (nSPS) is 13.0. The highest BCUT2D eigenvalue weighted by Gasteiger charge is 2.21. The molecule has 0 unspecified atom stereocenters. The number of carbonyl (C=O) groups is 2. The molecular weight excluding hydrogens is 352 g/mol. The molecular formula is C14H24N4O2S3. The van der Waals surface area contributed by atoms with Crippen molar-refractivity contribution in [3.63, 3.8) is 0 Å². The van der Waals surface area contributed by atoms with Gasteiger partial charge in [-0.25, -0.2) is 4.79 Å². The first-order chi connectivity index (χ1) is 10.6. The minimum absolute atomic E-state index is 0.344. The third-order valence-corrected chi connectivity index (χ3v) is 5.97. The van der Waals surface area contributed by atoms with Crippen LogP contribution in [0.3, 0.4) is 0 Å². The quantitative estimate of drug-likeness (QED) is 0.740. The maximum Gasteiger partial charge on any atom is 0.321 e. The largest absolute Gasteiger partial charge is 0.333 e. The molecule has 1 atom stereocenters. The lowest BCUT2D eigenvalue weighted by molar-refractivity contribution is -0.119. The van der Waals surface area contributed by atoms with Gasteiger partial charge >= 0.3 is 6.03 Å². The first-order valence-corrected chi connectivity index (χ1v) is 10.0. The van der Waals surface area contributed by atoms with Gasteiger partial charge < -0.3 is 5.32 Å². The summed E-state index contributed by atoms with van der Waals surface area (Å²) in [7, 11) is 0. The molecule has 2 N–H and O–H groups in total. The van der Waals surface area contributed by atoms with Gasteiger partial charge in [-0.1, -0.05) is 48.7 Å². The predicted molar refractivity (Wildman–Crippen MR) is 97.2 cm³/mol. The van der Waals surface area contributed by atoms with Gasteiger partial charge in [0.25, 0.3) is 0 Å². The van der Waals surface area contributed by atoms with Crippen molar-refractivity contribution in [2.75, 3.05) is 5.75 Å². The molecule has 1 heterocycles. The first kappa shape index (κ1) is 20.2. The van der Waals surface area contributed by atoms with Crippen LogP contribution in [-0.2, 0) is 4.79 Å². The molecule has 23 heavy (non-hydrogen) atoms. The standard InChI is InChI=1S/C14H24N4O2S3/c1-8(2)7-21-12-17-18-13(23-12)22-9(3)10(19)15-11(20)16-14(4,5)6/h8-9H,7H2,1-6H3,(H2,15,16,19,20)/t9-/m0/s1. The van der Waals surface area contributed by atoms with Crippen LogP contribution in [0.1, 0.15) is 41.5 Å². The van der Waals surface area contributed by atoms with Crippen LogP contribution in [0.25, 0.3) is 0 Å². The van der Waals surface area contributed by atoms with Crippen molar-refractivity contribution >= 4 is 46.8 Å². The van der Waals surface area contributed by atoms with E-state index in [0.29, 0.717) is 5.92 Å². The SMILES string of the molecule is CC(C)CSc1nnc(S[C@@H](C)C(=O)NC(=O)NC(C)(C)C)s1. The zero-order chi connectivity index (χ0) is 17.6. The fourth-order valence-corrected chi connectivity index (χ4v) is 4.47. The minimum Gasteiger partial charge on any atom is -0.333 e. The highest BCUT2D eigenvalue weighted by molar-refractivity contribution is 8.03. The third kappa shape index (κ3) is 8.57. The van der Waals surface area contributed by atoms with E-state index in [2.05, 4.69) is 34.7 Å². The zero-order valence-electron chi connectivity index (χ0n) is 14.3. The molecule has 0 aliphatic heterocycles. The lowest BCUT2D eigenvalue weighted by Gasteiger charge is -2.20. The van der Waals surface area contributed by atoms with E-state index in [1.54, 1.807) is 18.7 Å². The second-order valence-electron chi connectivity index (χ2n) is 6.49. The Hall–Kier alpha value is -0.800. The van der Waals surface area contributed by atoms with Gasteiger partial charge in [0, 0.05) is 11.3 Å². The Kier molecular flexibility index (Phi) is 7.82. The number of thioether (sulfide) groups is 2. The second kappa shape index (κ2) is 8.89. The van der Waals surface area contributed by atoms with Gasteiger partial charge in [0.05, 0.1) is 5.25 Å². The Balaban J connectivity index is 2.47. The van der Waals surface area contributed by atoms with Gasteiger partial charge in [-0.15, -0.1) is 10.2 Å². The summed E-state index contributed by atoms with van der Waals surface area (Å²) in [5.41, 5.74) is -0.386. The Labute approximate surface area is 150 Å². The molecule has 1 aromatic rings. The fraction of sp³-hybridized carbons (Fsp3) is 0.714. The van der Waals surface area contributed by atoms with Crippen LogP contribution in [0, 0.1) is 5.92 Å². The summed E-state index contributed by atoms with van der Waals surface area (Å²) >= 11 is 4.45. The summed E-state index contributed by atoms with van der Waals surface area (Å²) in [4.78, 5) is 23.7. The molecule has 6 nitrogen and oxygen atoms in total. The molecule has 0 bridgehead atoms. The summed E-state index contributed by atoms with van der Waals surface area (Å²) in [6.07, 6.45) is 0. The number of amides is 3. The van der Waals surface area contributed by atoms with Gasteiger partial charge in [-0.3, -0.25) is 10.1 Å². The van der Waals surface area contributed by atoms with Gasteiger partial charge in [-0.05, 0) is 33.6 Å². The molecule has 0 spiro atoms. The van der Waals surface area contributed by atoms with Crippen LogP contribution in [0.4, 0.5) is 4.79 Å². The van der Waals surface area contributed by atoms with Crippen molar-refractivity contribution in [1.82, 2.24) is 20.8 Å². The van der Waals surface area contributed by atoms with Crippen molar-refractivity contribution in [2.45, 2.75) is 61.0 Å². The predicted octanol–water partition coefficient (Wildman–Crippen LogP) is 3.39. The summed E-state index contributed by atoms with van der Waals surface area (Å²) in [5.74, 6) is 1.23. The molecule has 0 aromatic carbocycles. The van der Waals surface area contributed by atoms with E-state index in [-0.39, 0.29) is 11.4 Å². The van der Waals surface area contributed by atoms with E-state index >= 15 is 0 Å². The summed E-state index contributed by atoms with van der Waals surface area (Å²) in [6, 6.07) is -0.486. The molecule has 0 radical (unpaired) electrons. The van der Waals surface area contributed by atoms with Gasteiger partial charge in [0.15, 0.2) is 8.68 Å². The Morgan fingerprint density at radius 2 is 1.78 bits per heavy atom. The Morgan fingerprint density at radius 1 is 1.17 bits per heavy atom. The van der Waals surface area contributed by atoms with Crippen LogP contribution in [0.15, 0.2) is 8.68 Å². The van der Waals surface area contributed by atoms with E-state index in [4.69, 9.17) is 0 Å². The van der Waals surface area contributed by atoms with E-state index in [9.17, 15) is 9.59 Å². The first-order valence-electron chi connectivity index (χ1n) is 7.33. The topological polar surface area (TPSA) is 84.0 Å². The lowest BCUT2D eigenvalue weighted by atomic mass is 10.1. The molecule has 0 aliphatic rings. The second-order valence-corrected chi connectivity index (χ2v) is 10.3. The highest BCUT2D eigenvalue weighted by atomic mass is 32.2. The number of nitrogens with zero attached hydrogens (tertiary/aromatic N) is 2. The number of aromatic nitrogens is 2. The molecule has 3 amide bonds. The smallest absolute Gasteiger partial charge is 0.321 e. The number of hydrogen-bond acceptors (Lipinski definition) is 7. The third-order valence-electron chi connectivity index (χ3n) is 2.30. The highest BCUT2D eigenvalue weighted by Crippen LogP contribution is 2.31. The van der Waals surface area contributed by atoms with Crippen LogP contribution in [-0.4, -0.2) is 38.7 Å². The average Bonchev–Trinajstić information content (AvgIpc) is 2.81. The molecule has 130 valence electrons. The average molecular weight is 377 g/mol. The van der Waals surface area contributed by atoms with E-state index in [1.807, 2.05) is 20.8 Å². The van der Waals surface area contributed by atoms with E-state index in [0.717, 1.165) is 14.4 Å². The molecule has 1 rings (SSSR count). The number of urea groups is 1. The number of carbonyl (C=O) groups excluding carboxylic acids is 2. The van der Waals surface area contributed by atoms with Crippen molar-refractivity contribution in [1.29, 1.82) is 0 Å². The number of hydrogen-bond donors (Lipinski definition) is 2. The number of imide groups is 1. The maximum atomic E-state index is 12.0. The summed E-state index contributed by atoms with van der Waals surface area (Å²) in [5, 5.41) is 12.8. The summed E-state index contributed by atoms with van der Waals surface area (Å²) in [6.45, 7) is 11.6. The number of nitrogens with one attached hydrogen (secondary N) is 2. The van der Waals surface area contributed by atoms with Crippen LogP contribution >= 0.6 is 34.9 Å². The Morgan fingerprint density at radius 3 is 2.35 bits per heavy atom. The van der Waals surface area contributed by atoms with E-state index in [1.165, 1.54) is 23.1 Å². The Bertz CT molecular complexity index is 540. The maximum absolute atomic E-state index is 12.0. The van der Waals surface area contributed by atoms with Crippen molar-refractivity contribution in [2.24, 2.45) is 5.92 Å². The van der Waals surface area contributed by atoms with Crippen LogP contribution < -0.4 is 10.6 Å². The lowest BCUT2D eigenvalue weighted by Crippen LogP contribution is -2.49. The van der Waals surface area contributed by atoms with Gasteiger partial charge in [0.2, 0.25) is 5.91 Å². The van der Waals surface area contributed by atoms with Crippen LogP contribution in [0.5, 0.6) is 0 Å². The molecule has 0 aliphatic carbocycles. The molecule has 0 saturated carbocycles. The molecule has 0 fully saturated rings. The summed E-state index contributed by atoms with van der Waals surface area (Å²) < 4.78 is 1.63. The molecule has 0 saturated heterocycles. The minimum atomic E-state index is -0.486. The zero-order valence-corrected chi connectivity index (χ0v) is 16.7.